The van der Waals surface area contributed by atoms with Crippen molar-refractivity contribution in [2.45, 2.75) is 13.5 Å². The summed E-state index contributed by atoms with van der Waals surface area (Å²) in [4.78, 5) is 16.0. The molecular weight excluding hydrogens is 258 g/mol. The average Bonchev–Trinajstić information content (AvgIpc) is 2.88. The summed E-state index contributed by atoms with van der Waals surface area (Å²) >= 11 is 0. The number of carbonyl (C=O) groups excluding carboxylic acids is 1. The van der Waals surface area contributed by atoms with Crippen LogP contribution in [-0.2, 0) is 6.54 Å². The van der Waals surface area contributed by atoms with Crippen LogP contribution < -0.4 is 5.32 Å². The molecule has 1 amide bonds. The summed E-state index contributed by atoms with van der Waals surface area (Å²) in [6.07, 6.45) is 2.99. The van der Waals surface area contributed by atoms with Crippen molar-refractivity contribution in [3.05, 3.63) is 47.1 Å². The Morgan fingerprint density at radius 3 is 3.10 bits per heavy atom. The second-order valence-electron chi connectivity index (χ2n) is 4.00. The monoisotopic (exact) mass is 271 g/mol. The zero-order valence-electron chi connectivity index (χ0n) is 10.9. The van der Waals surface area contributed by atoms with E-state index in [9.17, 15) is 4.79 Å². The van der Waals surface area contributed by atoms with E-state index in [4.69, 9.17) is 9.63 Å². The van der Waals surface area contributed by atoms with Gasteiger partial charge in [-0.3, -0.25) is 9.78 Å². The number of nitrogens with zero attached hydrogens (tertiary/aromatic N) is 2. The SMILES string of the molecule is Cc1cc(CNC(=O)c2ccncc2C#CCO)on1. The van der Waals surface area contributed by atoms with E-state index in [-0.39, 0.29) is 19.1 Å². The lowest BCUT2D eigenvalue weighted by atomic mass is 10.1. The maximum absolute atomic E-state index is 12.1. The lowest BCUT2D eigenvalue weighted by Gasteiger charge is -2.04. The van der Waals surface area contributed by atoms with Crippen LogP contribution in [0.1, 0.15) is 27.4 Å². The highest BCUT2D eigenvalue weighted by Gasteiger charge is 2.11. The second kappa shape index (κ2) is 6.50. The van der Waals surface area contributed by atoms with Gasteiger partial charge in [0.15, 0.2) is 5.76 Å². The van der Waals surface area contributed by atoms with Crippen LogP contribution in [0.4, 0.5) is 0 Å². The van der Waals surface area contributed by atoms with Crippen molar-refractivity contribution >= 4 is 5.91 Å². The van der Waals surface area contributed by atoms with Crippen molar-refractivity contribution in [2.24, 2.45) is 0 Å². The Bertz CT molecular complexity index is 668. The minimum Gasteiger partial charge on any atom is -0.384 e. The van der Waals surface area contributed by atoms with Crippen molar-refractivity contribution in [3.8, 4) is 11.8 Å². The first-order chi connectivity index (χ1) is 9.70. The molecule has 2 aromatic heterocycles. The number of aliphatic hydroxyl groups is 1. The molecule has 0 radical (unpaired) electrons. The lowest BCUT2D eigenvalue weighted by molar-refractivity contribution is 0.0946. The Hall–Kier alpha value is -2.65. The normalized spacial score (nSPS) is 9.70. The Labute approximate surface area is 115 Å². The Balaban J connectivity index is 2.09. The molecule has 0 spiro atoms. The fraction of sp³-hybridized carbons (Fsp3) is 0.214. The smallest absolute Gasteiger partial charge is 0.253 e. The third-order valence-corrected chi connectivity index (χ3v) is 2.47. The van der Waals surface area contributed by atoms with Gasteiger partial charge in [0.2, 0.25) is 0 Å². The standard InChI is InChI=1S/C14H13N3O3/c1-10-7-12(20-17-10)9-16-14(19)13-4-5-15-8-11(13)3-2-6-18/h4-5,7-8,18H,6,9H2,1H3,(H,16,19). The Morgan fingerprint density at radius 2 is 2.40 bits per heavy atom. The van der Waals surface area contributed by atoms with Gasteiger partial charge in [0, 0.05) is 18.5 Å². The maximum Gasteiger partial charge on any atom is 0.253 e. The number of carbonyl (C=O) groups is 1. The summed E-state index contributed by atoms with van der Waals surface area (Å²) in [5.74, 6) is 5.47. The van der Waals surface area contributed by atoms with Crippen LogP contribution in [-0.4, -0.2) is 27.8 Å². The number of hydrogen-bond donors (Lipinski definition) is 2. The van der Waals surface area contributed by atoms with Gasteiger partial charge in [0.25, 0.3) is 5.91 Å². The fourth-order valence-electron chi connectivity index (χ4n) is 1.59. The van der Waals surface area contributed by atoms with E-state index in [1.54, 1.807) is 19.1 Å². The number of aromatic nitrogens is 2. The number of nitrogens with one attached hydrogen (secondary N) is 1. The molecule has 0 bridgehead atoms. The van der Waals surface area contributed by atoms with E-state index >= 15 is 0 Å². The summed E-state index contributed by atoms with van der Waals surface area (Å²) in [6, 6.07) is 3.32. The van der Waals surface area contributed by atoms with Crippen LogP contribution in [0.3, 0.4) is 0 Å². The van der Waals surface area contributed by atoms with Gasteiger partial charge in [-0.15, -0.1) is 0 Å². The van der Waals surface area contributed by atoms with Crippen LogP contribution in [0.25, 0.3) is 0 Å². The average molecular weight is 271 g/mol. The highest BCUT2D eigenvalue weighted by atomic mass is 16.5. The molecule has 0 aromatic carbocycles. The Kier molecular flexibility index (Phi) is 4.47. The zero-order valence-corrected chi connectivity index (χ0v) is 10.9. The van der Waals surface area contributed by atoms with Gasteiger partial charge in [-0.1, -0.05) is 17.0 Å². The highest BCUT2D eigenvalue weighted by Crippen LogP contribution is 2.07. The topological polar surface area (TPSA) is 88.2 Å². The van der Waals surface area contributed by atoms with E-state index in [2.05, 4.69) is 27.3 Å². The molecule has 2 heterocycles. The zero-order chi connectivity index (χ0) is 14.4. The van der Waals surface area contributed by atoms with Crippen LogP contribution in [0.2, 0.25) is 0 Å². The molecule has 0 aliphatic carbocycles. The van der Waals surface area contributed by atoms with Crippen molar-refractivity contribution in [1.82, 2.24) is 15.5 Å². The molecule has 6 nitrogen and oxygen atoms in total. The molecule has 2 rings (SSSR count). The minimum absolute atomic E-state index is 0.245. The molecule has 0 aliphatic heterocycles. The first-order valence-corrected chi connectivity index (χ1v) is 5.95. The van der Waals surface area contributed by atoms with Crippen LogP contribution >= 0.6 is 0 Å². The summed E-state index contributed by atoms with van der Waals surface area (Å²) in [5, 5.41) is 15.2. The van der Waals surface area contributed by atoms with Gasteiger partial charge in [0.1, 0.15) is 6.61 Å². The van der Waals surface area contributed by atoms with E-state index in [0.29, 0.717) is 16.9 Å². The summed E-state index contributed by atoms with van der Waals surface area (Å²) < 4.78 is 5.01. The summed E-state index contributed by atoms with van der Waals surface area (Å²) in [5.41, 5.74) is 1.62. The van der Waals surface area contributed by atoms with E-state index in [1.807, 2.05) is 0 Å². The van der Waals surface area contributed by atoms with E-state index < -0.39 is 0 Å². The molecule has 2 N–H and O–H groups in total. The Morgan fingerprint density at radius 1 is 1.55 bits per heavy atom. The third-order valence-electron chi connectivity index (χ3n) is 2.47. The maximum atomic E-state index is 12.1. The first kappa shape index (κ1) is 13.8. The molecule has 0 saturated carbocycles. The van der Waals surface area contributed by atoms with Crippen molar-refractivity contribution < 1.29 is 14.4 Å². The quantitative estimate of drug-likeness (QED) is 0.800. The van der Waals surface area contributed by atoms with Crippen LogP contribution in [0, 0.1) is 18.8 Å². The molecule has 0 atom stereocenters. The van der Waals surface area contributed by atoms with Crippen molar-refractivity contribution in [2.75, 3.05) is 6.61 Å². The molecule has 0 aliphatic rings. The highest BCUT2D eigenvalue weighted by molar-refractivity contribution is 5.96. The van der Waals surface area contributed by atoms with Gasteiger partial charge < -0.3 is 14.9 Å². The van der Waals surface area contributed by atoms with E-state index in [1.165, 1.54) is 12.4 Å². The molecule has 0 unspecified atom stereocenters. The fourth-order valence-corrected chi connectivity index (χ4v) is 1.59. The number of pyridine rings is 1. The van der Waals surface area contributed by atoms with Gasteiger partial charge in [-0.25, -0.2) is 0 Å². The summed E-state index contributed by atoms with van der Waals surface area (Å²) in [6.45, 7) is 1.78. The first-order valence-electron chi connectivity index (χ1n) is 5.95. The number of aliphatic hydroxyl groups excluding tert-OH is 1. The number of aryl methyl sites for hydroxylation is 1. The molecule has 6 heteroatoms. The van der Waals surface area contributed by atoms with Gasteiger partial charge >= 0.3 is 0 Å². The predicted octanol–water partition coefficient (Wildman–Crippen LogP) is 0.652. The minimum atomic E-state index is -0.288. The van der Waals surface area contributed by atoms with E-state index in [0.717, 1.165) is 5.69 Å². The largest absolute Gasteiger partial charge is 0.384 e. The molecule has 2 aromatic rings. The molecule has 0 fully saturated rings. The van der Waals surface area contributed by atoms with Gasteiger partial charge in [-0.2, -0.15) is 0 Å². The lowest BCUT2D eigenvalue weighted by Crippen LogP contribution is -2.23. The van der Waals surface area contributed by atoms with Gasteiger partial charge in [0.05, 0.1) is 23.4 Å². The number of rotatable bonds is 3. The predicted molar refractivity (Wildman–Crippen MR) is 70.6 cm³/mol. The van der Waals surface area contributed by atoms with Crippen LogP contribution in [0.15, 0.2) is 29.0 Å². The molecular formula is C14H13N3O3. The molecule has 0 saturated heterocycles. The number of hydrogen-bond acceptors (Lipinski definition) is 5. The van der Waals surface area contributed by atoms with Gasteiger partial charge in [-0.05, 0) is 13.0 Å². The van der Waals surface area contributed by atoms with Crippen LogP contribution in [0.5, 0.6) is 0 Å². The third kappa shape index (κ3) is 3.43. The molecule has 20 heavy (non-hydrogen) atoms. The van der Waals surface area contributed by atoms with Crippen molar-refractivity contribution in [1.29, 1.82) is 0 Å². The second-order valence-corrected chi connectivity index (χ2v) is 4.00. The molecule has 102 valence electrons. The summed E-state index contributed by atoms with van der Waals surface area (Å²) in [7, 11) is 0. The number of amides is 1. The van der Waals surface area contributed by atoms with Crippen molar-refractivity contribution in [3.63, 3.8) is 0 Å².